The molecule has 23 heavy (non-hydrogen) atoms. The van der Waals surface area contributed by atoms with Crippen molar-refractivity contribution in [2.45, 2.75) is 44.7 Å². The molecule has 3 aliphatic heterocycles. The van der Waals surface area contributed by atoms with E-state index in [-0.39, 0.29) is 0 Å². The Morgan fingerprint density at radius 3 is 2.70 bits per heavy atom. The summed E-state index contributed by atoms with van der Waals surface area (Å²) in [6.45, 7) is 9.12. The number of piperidine rings is 1. The van der Waals surface area contributed by atoms with E-state index < -0.39 is 0 Å². The van der Waals surface area contributed by atoms with Crippen LogP contribution >= 0.6 is 0 Å². The van der Waals surface area contributed by atoms with E-state index in [0.717, 1.165) is 25.7 Å². The minimum absolute atomic E-state index is 0.569. The molecule has 0 aromatic carbocycles. The van der Waals surface area contributed by atoms with Gasteiger partial charge in [-0.1, -0.05) is 6.42 Å². The molecular formula is C18H30N4O. The van der Waals surface area contributed by atoms with Gasteiger partial charge in [-0.2, -0.15) is 0 Å². The highest BCUT2D eigenvalue weighted by Gasteiger charge is 2.28. The molecule has 2 fully saturated rings. The largest absolute Gasteiger partial charge is 0.381 e. The first kappa shape index (κ1) is 15.6. The van der Waals surface area contributed by atoms with E-state index in [1.54, 1.807) is 0 Å². The summed E-state index contributed by atoms with van der Waals surface area (Å²) in [5.41, 5.74) is 1.39. The SMILES string of the molecule is c1ncn2c1CN(CC1CCOCC1)C[C@@H]2CN1CCCCC1. The van der Waals surface area contributed by atoms with Crippen LogP contribution in [0, 0.1) is 5.92 Å². The number of hydrogen-bond donors (Lipinski definition) is 0. The van der Waals surface area contributed by atoms with Gasteiger partial charge in [-0.05, 0) is 44.7 Å². The zero-order valence-electron chi connectivity index (χ0n) is 14.2. The number of fused-ring (bicyclic) bond motifs is 1. The van der Waals surface area contributed by atoms with Crippen LogP contribution in [0.25, 0.3) is 0 Å². The molecule has 0 radical (unpaired) electrons. The molecule has 3 aliphatic rings. The van der Waals surface area contributed by atoms with E-state index in [2.05, 4.69) is 31.9 Å². The highest BCUT2D eigenvalue weighted by Crippen LogP contribution is 2.25. The maximum absolute atomic E-state index is 5.52. The van der Waals surface area contributed by atoms with Gasteiger partial charge in [0, 0.05) is 45.6 Å². The first-order chi connectivity index (χ1) is 11.4. The Bertz CT molecular complexity index is 491. The van der Waals surface area contributed by atoms with Gasteiger partial charge in [-0.3, -0.25) is 4.90 Å². The summed E-state index contributed by atoms with van der Waals surface area (Å²) in [5, 5.41) is 0. The van der Waals surface area contributed by atoms with Crippen LogP contribution in [0.1, 0.15) is 43.8 Å². The Balaban J connectivity index is 1.41. The topological polar surface area (TPSA) is 33.5 Å². The number of imidazole rings is 1. The van der Waals surface area contributed by atoms with Crippen molar-refractivity contribution in [2.24, 2.45) is 5.92 Å². The van der Waals surface area contributed by atoms with Crippen LogP contribution in [0.15, 0.2) is 12.5 Å². The molecule has 4 rings (SSSR count). The summed E-state index contributed by atoms with van der Waals surface area (Å²) in [4.78, 5) is 9.76. The Kier molecular flexibility index (Phi) is 4.97. The molecule has 0 aliphatic carbocycles. The van der Waals surface area contributed by atoms with Crippen LogP contribution in [-0.2, 0) is 11.3 Å². The molecule has 0 N–H and O–H groups in total. The van der Waals surface area contributed by atoms with E-state index in [1.165, 1.54) is 70.5 Å². The number of rotatable bonds is 4. The van der Waals surface area contributed by atoms with Crippen molar-refractivity contribution < 1.29 is 4.74 Å². The van der Waals surface area contributed by atoms with Gasteiger partial charge in [0.25, 0.3) is 0 Å². The molecule has 1 aromatic heterocycles. The zero-order valence-corrected chi connectivity index (χ0v) is 14.2. The second-order valence-corrected chi connectivity index (χ2v) is 7.56. The van der Waals surface area contributed by atoms with Crippen molar-refractivity contribution in [3.05, 3.63) is 18.2 Å². The first-order valence-electron chi connectivity index (χ1n) is 9.41. The Hall–Kier alpha value is -0.910. The fourth-order valence-electron chi connectivity index (χ4n) is 4.48. The lowest BCUT2D eigenvalue weighted by molar-refractivity contribution is 0.0430. The third kappa shape index (κ3) is 3.78. The molecule has 0 saturated carbocycles. The van der Waals surface area contributed by atoms with Gasteiger partial charge in [0.2, 0.25) is 0 Å². The molecular weight excluding hydrogens is 288 g/mol. The smallest absolute Gasteiger partial charge is 0.0952 e. The monoisotopic (exact) mass is 318 g/mol. The van der Waals surface area contributed by atoms with Crippen molar-refractivity contribution in [3.63, 3.8) is 0 Å². The molecule has 4 heterocycles. The predicted molar refractivity (Wildman–Crippen MR) is 90.4 cm³/mol. The van der Waals surface area contributed by atoms with Gasteiger partial charge in [-0.15, -0.1) is 0 Å². The van der Waals surface area contributed by atoms with Gasteiger partial charge in [0.15, 0.2) is 0 Å². The lowest BCUT2D eigenvalue weighted by Crippen LogP contribution is -2.45. The zero-order chi connectivity index (χ0) is 15.5. The summed E-state index contributed by atoms with van der Waals surface area (Å²) < 4.78 is 7.95. The molecule has 2 saturated heterocycles. The van der Waals surface area contributed by atoms with Crippen molar-refractivity contribution >= 4 is 0 Å². The molecule has 5 heteroatoms. The minimum atomic E-state index is 0.569. The van der Waals surface area contributed by atoms with Crippen LogP contribution in [0.2, 0.25) is 0 Å². The third-order valence-electron chi connectivity index (χ3n) is 5.77. The number of aromatic nitrogens is 2. The number of nitrogens with zero attached hydrogens (tertiary/aromatic N) is 4. The normalized spacial score (nSPS) is 27.9. The van der Waals surface area contributed by atoms with Gasteiger partial charge in [-0.25, -0.2) is 4.98 Å². The van der Waals surface area contributed by atoms with Crippen LogP contribution in [0.4, 0.5) is 0 Å². The summed E-state index contributed by atoms with van der Waals surface area (Å²) >= 11 is 0. The van der Waals surface area contributed by atoms with Crippen LogP contribution in [-0.4, -0.2) is 65.3 Å². The van der Waals surface area contributed by atoms with E-state index >= 15 is 0 Å². The standard InChI is InChI=1S/C18H30N4O/c1-2-6-20(7-3-1)13-18-14-21(11-16-4-8-23-9-5-16)12-17-10-19-15-22(17)18/h10,15-16,18H,1-9,11-14H2/t18-/m0/s1. The predicted octanol–water partition coefficient (Wildman–Crippen LogP) is 2.15. The quantitative estimate of drug-likeness (QED) is 0.852. The summed E-state index contributed by atoms with van der Waals surface area (Å²) in [5.74, 6) is 0.814. The highest BCUT2D eigenvalue weighted by molar-refractivity contribution is 5.05. The van der Waals surface area contributed by atoms with Crippen molar-refractivity contribution in [2.75, 3.05) is 45.9 Å². The van der Waals surface area contributed by atoms with Crippen molar-refractivity contribution in [3.8, 4) is 0 Å². The second kappa shape index (κ2) is 7.32. The molecule has 0 amide bonds. The van der Waals surface area contributed by atoms with Gasteiger partial charge in [0.05, 0.1) is 18.1 Å². The first-order valence-corrected chi connectivity index (χ1v) is 9.41. The summed E-state index contributed by atoms with van der Waals surface area (Å²) in [7, 11) is 0. The van der Waals surface area contributed by atoms with Crippen LogP contribution < -0.4 is 0 Å². The number of ether oxygens (including phenoxy) is 1. The van der Waals surface area contributed by atoms with Gasteiger partial charge in [0.1, 0.15) is 0 Å². The Labute approximate surface area is 139 Å². The second-order valence-electron chi connectivity index (χ2n) is 7.56. The lowest BCUT2D eigenvalue weighted by atomic mass is 9.98. The fourth-order valence-corrected chi connectivity index (χ4v) is 4.48. The van der Waals surface area contributed by atoms with Gasteiger partial charge >= 0.3 is 0 Å². The average Bonchev–Trinajstić information content (AvgIpc) is 3.05. The van der Waals surface area contributed by atoms with Crippen LogP contribution in [0.3, 0.4) is 0 Å². The molecule has 1 aromatic rings. The molecule has 0 unspecified atom stereocenters. The molecule has 0 bridgehead atoms. The molecule has 5 nitrogen and oxygen atoms in total. The Morgan fingerprint density at radius 1 is 1.04 bits per heavy atom. The highest BCUT2D eigenvalue weighted by atomic mass is 16.5. The lowest BCUT2D eigenvalue weighted by Gasteiger charge is -2.39. The Morgan fingerprint density at radius 2 is 1.87 bits per heavy atom. The van der Waals surface area contributed by atoms with E-state index in [0.29, 0.717) is 6.04 Å². The third-order valence-corrected chi connectivity index (χ3v) is 5.77. The average molecular weight is 318 g/mol. The number of likely N-dealkylation sites (tertiary alicyclic amines) is 1. The van der Waals surface area contributed by atoms with Crippen LogP contribution in [0.5, 0.6) is 0 Å². The van der Waals surface area contributed by atoms with E-state index in [9.17, 15) is 0 Å². The van der Waals surface area contributed by atoms with E-state index in [4.69, 9.17) is 4.74 Å². The molecule has 1 atom stereocenters. The minimum Gasteiger partial charge on any atom is -0.381 e. The van der Waals surface area contributed by atoms with Crippen molar-refractivity contribution in [1.82, 2.24) is 19.4 Å². The maximum Gasteiger partial charge on any atom is 0.0952 e. The van der Waals surface area contributed by atoms with Gasteiger partial charge < -0.3 is 14.2 Å². The fraction of sp³-hybridized carbons (Fsp3) is 0.833. The van der Waals surface area contributed by atoms with E-state index in [1.807, 2.05) is 0 Å². The maximum atomic E-state index is 5.52. The number of hydrogen-bond acceptors (Lipinski definition) is 4. The molecule has 0 spiro atoms. The molecule has 128 valence electrons. The summed E-state index contributed by atoms with van der Waals surface area (Å²) in [6.07, 6.45) is 10.7. The van der Waals surface area contributed by atoms with Crippen molar-refractivity contribution in [1.29, 1.82) is 0 Å². The summed E-state index contributed by atoms with van der Waals surface area (Å²) in [6, 6.07) is 0.569.